The van der Waals surface area contributed by atoms with E-state index >= 15 is 0 Å². The number of aliphatic hydroxyl groups is 1. The number of hydrogen-bond donors (Lipinski definition) is 1. The SMILES string of the molecule is [2H]C1([2H])C[C@H]2[C@@H]3CCC4=CC(=O)C=C[C@]4(C)[C@H]3CC[C@]2(C)[C@@]1([2H])O. The van der Waals surface area contributed by atoms with E-state index in [1.807, 2.05) is 6.92 Å². The molecule has 0 bridgehead atoms. The predicted octanol–water partition coefficient (Wildman–Crippen LogP) is 3.66. The van der Waals surface area contributed by atoms with E-state index in [0.717, 1.165) is 19.3 Å². The fraction of sp³-hybridized carbons (Fsp3) is 0.737. The number of hydrogen-bond acceptors (Lipinski definition) is 2. The van der Waals surface area contributed by atoms with Crippen molar-refractivity contribution in [2.24, 2.45) is 28.6 Å². The van der Waals surface area contributed by atoms with Crippen molar-refractivity contribution in [2.45, 2.75) is 58.4 Å². The van der Waals surface area contributed by atoms with Gasteiger partial charge in [0.1, 0.15) is 0 Å². The van der Waals surface area contributed by atoms with E-state index in [0.29, 0.717) is 18.3 Å². The average molecular weight is 289 g/mol. The van der Waals surface area contributed by atoms with Gasteiger partial charge in [-0.25, -0.2) is 0 Å². The Kier molecular flexibility index (Phi) is 2.21. The van der Waals surface area contributed by atoms with Crippen molar-refractivity contribution in [1.82, 2.24) is 0 Å². The summed E-state index contributed by atoms with van der Waals surface area (Å²) in [7, 11) is 0. The predicted molar refractivity (Wildman–Crippen MR) is 82.6 cm³/mol. The lowest BCUT2D eigenvalue weighted by Gasteiger charge is -2.56. The minimum atomic E-state index is -2.02. The fourth-order valence-electron chi connectivity index (χ4n) is 5.60. The van der Waals surface area contributed by atoms with Gasteiger partial charge in [0.25, 0.3) is 0 Å². The van der Waals surface area contributed by atoms with E-state index in [2.05, 4.69) is 13.0 Å². The van der Waals surface area contributed by atoms with Gasteiger partial charge in [0.15, 0.2) is 5.78 Å². The molecule has 2 nitrogen and oxygen atoms in total. The third-order valence-corrected chi connectivity index (χ3v) is 6.98. The van der Waals surface area contributed by atoms with Gasteiger partial charge in [-0.3, -0.25) is 4.79 Å². The van der Waals surface area contributed by atoms with Crippen molar-refractivity contribution in [3.8, 4) is 0 Å². The topological polar surface area (TPSA) is 37.3 Å². The summed E-state index contributed by atoms with van der Waals surface area (Å²) in [5.41, 5.74) is 0.388. The minimum Gasteiger partial charge on any atom is -0.393 e. The highest BCUT2D eigenvalue weighted by atomic mass is 16.3. The number of allylic oxidation sites excluding steroid dienone is 4. The zero-order valence-corrected chi connectivity index (χ0v) is 12.9. The van der Waals surface area contributed by atoms with Crippen LogP contribution in [0.15, 0.2) is 23.8 Å². The number of carbonyl (C=O) groups excluding carboxylic acids is 1. The first-order valence-electron chi connectivity index (χ1n) is 9.70. The van der Waals surface area contributed by atoms with Gasteiger partial charge in [0.05, 0.1) is 7.45 Å². The fourth-order valence-corrected chi connectivity index (χ4v) is 5.60. The Morgan fingerprint density at radius 1 is 1.33 bits per heavy atom. The molecule has 0 amide bonds. The molecule has 0 radical (unpaired) electrons. The summed E-state index contributed by atoms with van der Waals surface area (Å²) in [6.45, 7) is 4.12. The molecule has 21 heavy (non-hydrogen) atoms. The number of ketones is 1. The first-order valence-corrected chi connectivity index (χ1v) is 8.20. The highest BCUT2D eigenvalue weighted by molar-refractivity contribution is 6.01. The summed E-state index contributed by atoms with van der Waals surface area (Å²) in [6, 6.07) is 0. The van der Waals surface area contributed by atoms with Crippen LogP contribution in [0.4, 0.5) is 0 Å². The maximum absolute atomic E-state index is 11.8. The molecular formula is C19H26O2. The van der Waals surface area contributed by atoms with Crippen LogP contribution in [-0.4, -0.2) is 17.0 Å². The quantitative estimate of drug-likeness (QED) is 0.739. The van der Waals surface area contributed by atoms with Crippen LogP contribution in [0.3, 0.4) is 0 Å². The molecule has 0 spiro atoms. The molecule has 2 heteroatoms. The normalized spacial score (nSPS) is 60.0. The van der Waals surface area contributed by atoms with Crippen molar-refractivity contribution in [3.05, 3.63) is 23.8 Å². The van der Waals surface area contributed by atoms with Crippen LogP contribution < -0.4 is 0 Å². The molecule has 0 unspecified atom stereocenters. The molecule has 0 aromatic carbocycles. The number of rotatable bonds is 0. The Morgan fingerprint density at radius 2 is 2.14 bits per heavy atom. The molecule has 0 aliphatic heterocycles. The maximum Gasteiger partial charge on any atom is 0.178 e. The standard InChI is InChI=1S/C19H26O2/c1-18-9-7-13(20)11-12(18)3-4-14-15-5-6-17(21)19(15,2)10-8-16(14)18/h7,9,11,14-17,21H,3-6,8,10H2,1-2H3/t14-,15-,16-,17-,18-,19-/m0/s1/i6D2,17D. The lowest BCUT2D eigenvalue weighted by molar-refractivity contribution is -0.111. The minimum absolute atomic E-state index is 0.0261. The highest BCUT2D eigenvalue weighted by Crippen LogP contribution is 2.64. The van der Waals surface area contributed by atoms with Crippen LogP contribution in [0.5, 0.6) is 0 Å². The van der Waals surface area contributed by atoms with Crippen LogP contribution >= 0.6 is 0 Å². The summed E-state index contributed by atoms with van der Waals surface area (Å²) in [5.74, 6) is 0.764. The van der Waals surface area contributed by atoms with Crippen molar-refractivity contribution in [3.63, 3.8) is 0 Å². The molecule has 3 fully saturated rings. The first kappa shape index (κ1) is 10.8. The van der Waals surface area contributed by atoms with Crippen LogP contribution in [0.25, 0.3) is 0 Å². The lowest BCUT2D eigenvalue weighted by Crippen LogP contribution is -2.50. The van der Waals surface area contributed by atoms with Crippen molar-refractivity contribution >= 4 is 5.78 Å². The average Bonchev–Trinajstić information content (AvgIpc) is 2.64. The zero-order valence-electron chi connectivity index (χ0n) is 15.9. The van der Waals surface area contributed by atoms with Crippen LogP contribution in [-0.2, 0) is 4.79 Å². The Labute approximate surface area is 131 Å². The molecule has 0 saturated heterocycles. The van der Waals surface area contributed by atoms with Gasteiger partial charge < -0.3 is 5.11 Å². The molecule has 114 valence electrons. The lowest BCUT2D eigenvalue weighted by atomic mass is 9.48. The van der Waals surface area contributed by atoms with Gasteiger partial charge in [-0.05, 0) is 73.8 Å². The van der Waals surface area contributed by atoms with E-state index in [4.69, 9.17) is 4.11 Å². The molecule has 4 aliphatic carbocycles. The summed E-state index contributed by atoms with van der Waals surface area (Å²) in [5, 5.41) is 10.7. The first-order chi connectivity index (χ1) is 11.0. The van der Waals surface area contributed by atoms with Gasteiger partial charge >= 0.3 is 0 Å². The molecular weight excluding hydrogens is 260 g/mol. The Morgan fingerprint density at radius 3 is 2.95 bits per heavy atom. The Hall–Kier alpha value is -0.890. The summed E-state index contributed by atoms with van der Waals surface area (Å²) in [6.07, 6.45) is 5.24. The second-order valence-corrected chi connectivity index (χ2v) is 7.79. The van der Waals surface area contributed by atoms with Gasteiger partial charge in [-0.15, -0.1) is 0 Å². The molecule has 3 saturated carbocycles. The molecule has 1 N–H and O–H groups in total. The molecule has 6 atom stereocenters. The molecule has 4 aliphatic rings. The highest BCUT2D eigenvalue weighted by Gasteiger charge is 2.58. The summed E-state index contributed by atoms with van der Waals surface area (Å²) >= 11 is 0. The Bertz CT molecular complexity index is 666. The van der Waals surface area contributed by atoms with E-state index in [1.165, 1.54) is 5.57 Å². The third kappa shape index (κ3) is 1.72. The molecule has 0 heterocycles. The summed E-state index contributed by atoms with van der Waals surface area (Å²) < 4.78 is 24.8. The zero-order chi connectivity index (χ0) is 17.5. The van der Waals surface area contributed by atoms with Crippen molar-refractivity contribution in [2.75, 3.05) is 0 Å². The van der Waals surface area contributed by atoms with E-state index < -0.39 is 17.9 Å². The molecule has 0 aromatic heterocycles. The second-order valence-electron chi connectivity index (χ2n) is 7.79. The largest absolute Gasteiger partial charge is 0.393 e. The smallest absolute Gasteiger partial charge is 0.178 e. The van der Waals surface area contributed by atoms with E-state index in [-0.39, 0.29) is 23.5 Å². The second kappa shape index (κ2) is 4.32. The third-order valence-electron chi connectivity index (χ3n) is 6.98. The van der Waals surface area contributed by atoms with E-state index in [9.17, 15) is 9.90 Å². The van der Waals surface area contributed by atoms with Gasteiger partial charge in [-0.2, -0.15) is 0 Å². The Balaban J connectivity index is 1.74. The van der Waals surface area contributed by atoms with Crippen molar-refractivity contribution in [1.29, 1.82) is 0 Å². The molecule has 4 rings (SSSR count). The number of fused-ring (bicyclic) bond motifs is 5. The van der Waals surface area contributed by atoms with Crippen LogP contribution in [0, 0.1) is 28.6 Å². The maximum atomic E-state index is 11.8. The van der Waals surface area contributed by atoms with Crippen molar-refractivity contribution < 1.29 is 14.0 Å². The van der Waals surface area contributed by atoms with Crippen LogP contribution in [0.1, 0.15) is 56.4 Å². The number of carbonyl (C=O) groups is 1. The summed E-state index contributed by atoms with van der Waals surface area (Å²) in [4.78, 5) is 11.8. The van der Waals surface area contributed by atoms with Gasteiger partial charge in [0, 0.05) is 8.16 Å². The van der Waals surface area contributed by atoms with Gasteiger partial charge in [-0.1, -0.05) is 25.5 Å². The van der Waals surface area contributed by atoms with Gasteiger partial charge in [0.2, 0.25) is 0 Å². The van der Waals surface area contributed by atoms with E-state index in [1.54, 1.807) is 12.2 Å². The van der Waals surface area contributed by atoms with Crippen LogP contribution in [0.2, 0.25) is 0 Å². The molecule has 0 aromatic rings. The monoisotopic (exact) mass is 289 g/mol.